The van der Waals surface area contributed by atoms with E-state index in [9.17, 15) is 9.59 Å². The zero-order valence-electron chi connectivity index (χ0n) is 15.3. The van der Waals surface area contributed by atoms with E-state index in [4.69, 9.17) is 4.74 Å². The van der Waals surface area contributed by atoms with Crippen LogP contribution in [0.15, 0.2) is 26.1 Å². The quantitative estimate of drug-likeness (QED) is 0.665. The summed E-state index contributed by atoms with van der Waals surface area (Å²) in [6.45, 7) is 6.12. The molecule has 2 heterocycles. The number of ether oxygens (including phenoxy) is 1. The van der Waals surface area contributed by atoms with Crippen molar-refractivity contribution in [3.8, 4) is 0 Å². The molecule has 0 aliphatic heterocycles. The van der Waals surface area contributed by atoms with Crippen LogP contribution >= 0.6 is 11.8 Å². The second kappa shape index (κ2) is 6.40. The Morgan fingerprint density at radius 3 is 2.48 bits per heavy atom. The molecule has 2 aromatic heterocycles. The van der Waals surface area contributed by atoms with Gasteiger partial charge in [-0.1, -0.05) is 11.8 Å². The lowest BCUT2D eigenvalue weighted by Gasteiger charge is -2.28. The van der Waals surface area contributed by atoms with Crippen LogP contribution in [0.3, 0.4) is 0 Å². The number of aryl methyl sites for hydroxylation is 1. The van der Waals surface area contributed by atoms with E-state index in [2.05, 4.69) is 9.97 Å². The second-order valence-corrected chi connectivity index (χ2v) is 8.29. The van der Waals surface area contributed by atoms with Gasteiger partial charge in [-0.3, -0.25) is 13.9 Å². The van der Waals surface area contributed by atoms with Crippen molar-refractivity contribution in [3.63, 3.8) is 0 Å². The van der Waals surface area contributed by atoms with Crippen molar-refractivity contribution in [1.29, 1.82) is 0 Å². The van der Waals surface area contributed by atoms with Crippen LogP contribution in [0.4, 0.5) is 0 Å². The van der Waals surface area contributed by atoms with Crippen LogP contribution in [0.5, 0.6) is 0 Å². The second-order valence-electron chi connectivity index (χ2n) is 7.33. The number of aromatic nitrogens is 4. The molecule has 0 amide bonds. The number of H-pyrrole nitrogens is 1. The number of fused-ring (bicyclic) bond motifs is 1. The minimum Gasteiger partial charge on any atom is -0.492 e. The van der Waals surface area contributed by atoms with E-state index < -0.39 is 0 Å². The highest BCUT2D eigenvalue weighted by molar-refractivity contribution is 7.99. The predicted octanol–water partition coefficient (Wildman–Crippen LogP) is 2.31. The summed E-state index contributed by atoms with van der Waals surface area (Å²) in [5.41, 5.74) is 1.11. The van der Waals surface area contributed by atoms with Crippen molar-refractivity contribution < 1.29 is 4.74 Å². The van der Waals surface area contributed by atoms with Crippen LogP contribution in [0.2, 0.25) is 0 Å². The molecule has 25 heavy (non-hydrogen) atoms. The third-order valence-corrected chi connectivity index (χ3v) is 5.07. The van der Waals surface area contributed by atoms with E-state index in [1.165, 1.54) is 35.4 Å². The Labute approximate surface area is 150 Å². The number of nitrogens with zero attached hydrogens (tertiary/aromatic N) is 3. The maximum Gasteiger partial charge on any atom is 0.332 e. The summed E-state index contributed by atoms with van der Waals surface area (Å²) in [6.07, 6.45) is 3.38. The first-order chi connectivity index (χ1) is 11.7. The Balaban J connectivity index is 1.88. The first-order valence-electron chi connectivity index (χ1n) is 8.36. The van der Waals surface area contributed by atoms with Gasteiger partial charge in [-0.05, 0) is 45.6 Å². The Morgan fingerprint density at radius 2 is 1.92 bits per heavy atom. The molecule has 1 fully saturated rings. The summed E-state index contributed by atoms with van der Waals surface area (Å²) in [7, 11) is 3.08. The van der Waals surface area contributed by atoms with Crippen LogP contribution in [0, 0.1) is 0 Å². The van der Waals surface area contributed by atoms with Gasteiger partial charge in [-0.15, -0.1) is 0 Å². The van der Waals surface area contributed by atoms with Crippen LogP contribution in [0.25, 0.3) is 11.2 Å². The first-order valence-corrected chi connectivity index (χ1v) is 9.34. The molecule has 0 aromatic carbocycles. The van der Waals surface area contributed by atoms with E-state index in [1.54, 1.807) is 7.05 Å². The predicted molar refractivity (Wildman–Crippen MR) is 99.0 cm³/mol. The van der Waals surface area contributed by atoms with Gasteiger partial charge >= 0.3 is 5.69 Å². The smallest absolute Gasteiger partial charge is 0.332 e. The van der Waals surface area contributed by atoms with Crippen molar-refractivity contribution in [2.75, 3.05) is 5.75 Å². The molecule has 0 spiro atoms. The van der Waals surface area contributed by atoms with E-state index in [0.717, 1.165) is 23.2 Å². The fraction of sp³-hybridized carbons (Fsp3) is 0.588. The first kappa shape index (κ1) is 17.8. The molecule has 7 nitrogen and oxygen atoms in total. The summed E-state index contributed by atoms with van der Waals surface area (Å²) in [5, 5.41) is 0.614. The van der Waals surface area contributed by atoms with Gasteiger partial charge in [0.1, 0.15) is 11.4 Å². The lowest BCUT2D eigenvalue weighted by atomic mass is 9.91. The molecule has 0 radical (unpaired) electrons. The summed E-state index contributed by atoms with van der Waals surface area (Å²) >= 11 is 1.49. The lowest BCUT2D eigenvalue weighted by Crippen LogP contribution is -2.36. The van der Waals surface area contributed by atoms with Gasteiger partial charge in [0.05, 0.1) is 5.75 Å². The van der Waals surface area contributed by atoms with Gasteiger partial charge < -0.3 is 9.72 Å². The fourth-order valence-electron chi connectivity index (χ4n) is 2.71. The van der Waals surface area contributed by atoms with Crippen LogP contribution in [-0.4, -0.2) is 30.5 Å². The van der Waals surface area contributed by atoms with Gasteiger partial charge in [0.2, 0.25) is 0 Å². The van der Waals surface area contributed by atoms with Gasteiger partial charge in [0, 0.05) is 14.1 Å². The number of aromatic amines is 1. The number of imidazole rings is 1. The molecule has 0 bridgehead atoms. The van der Waals surface area contributed by atoms with Crippen LogP contribution in [0.1, 0.15) is 40.0 Å². The van der Waals surface area contributed by atoms with Crippen molar-refractivity contribution in [2.45, 2.75) is 50.8 Å². The summed E-state index contributed by atoms with van der Waals surface area (Å²) in [4.78, 5) is 31.7. The SMILES string of the molecule is Cn1c(=O)c2[nH]c(SCC(OC(C)(C)C)=C3CCC3)nc2n(C)c1=O. The number of hydrogen-bond donors (Lipinski definition) is 1. The molecule has 136 valence electrons. The number of nitrogens with one attached hydrogen (secondary N) is 1. The molecule has 0 unspecified atom stereocenters. The maximum atomic E-state index is 12.2. The molecule has 1 saturated carbocycles. The zero-order chi connectivity index (χ0) is 18.4. The lowest BCUT2D eigenvalue weighted by molar-refractivity contribution is 0.0504. The van der Waals surface area contributed by atoms with Gasteiger partial charge in [-0.25, -0.2) is 9.78 Å². The Morgan fingerprint density at radius 1 is 1.24 bits per heavy atom. The number of rotatable bonds is 4. The largest absolute Gasteiger partial charge is 0.492 e. The third kappa shape index (κ3) is 3.53. The summed E-state index contributed by atoms with van der Waals surface area (Å²) in [6, 6.07) is 0. The Kier molecular flexibility index (Phi) is 4.57. The molecule has 3 rings (SSSR count). The van der Waals surface area contributed by atoms with Crippen molar-refractivity contribution in [3.05, 3.63) is 32.2 Å². The Bertz CT molecular complexity index is 953. The summed E-state index contributed by atoms with van der Waals surface area (Å²) < 4.78 is 8.59. The summed E-state index contributed by atoms with van der Waals surface area (Å²) in [5.74, 6) is 1.66. The van der Waals surface area contributed by atoms with Crippen molar-refractivity contribution in [1.82, 2.24) is 19.1 Å². The van der Waals surface area contributed by atoms with E-state index in [0.29, 0.717) is 22.1 Å². The third-order valence-electron chi connectivity index (χ3n) is 4.19. The highest BCUT2D eigenvalue weighted by Crippen LogP contribution is 2.34. The van der Waals surface area contributed by atoms with E-state index >= 15 is 0 Å². The Hall–Kier alpha value is -1.96. The normalized spacial score (nSPS) is 14.7. The number of hydrogen-bond acceptors (Lipinski definition) is 5. The topological polar surface area (TPSA) is 81.9 Å². The molecule has 1 aliphatic rings. The maximum absolute atomic E-state index is 12.2. The molecule has 1 aliphatic carbocycles. The number of thioether (sulfide) groups is 1. The molecule has 8 heteroatoms. The van der Waals surface area contributed by atoms with E-state index in [1.807, 2.05) is 20.8 Å². The number of allylic oxidation sites excluding steroid dienone is 1. The molecule has 1 N–H and O–H groups in total. The monoisotopic (exact) mass is 364 g/mol. The molecule has 0 saturated heterocycles. The minimum atomic E-state index is -0.381. The fourth-order valence-corrected chi connectivity index (χ4v) is 3.57. The standard InChI is InChI=1S/C17H24N4O3S/c1-17(2,3)24-11(10-7-6-8-10)9-25-15-18-12-13(19-15)20(4)16(23)21(5)14(12)22/h6-9H2,1-5H3,(H,18,19). The van der Waals surface area contributed by atoms with Crippen LogP contribution < -0.4 is 11.2 Å². The molecular formula is C17H24N4O3S. The van der Waals surface area contributed by atoms with Gasteiger partial charge in [0.15, 0.2) is 16.3 Å². The van der Waals surface area contributed by atoms with Gasteiger partial charge in [0.25, 0.3) is 5.56 Å². The molecular weight excluding hydrogens is 340 g/mol. The molecule has 0 atom stereocenters. The molecule has 2 aromatic rings. The van der Waals surface area contributed by atoms with Crippen molar-refractivity contribution >= 4 is 22.9 Å². The average molecular weight is 364 g/mol. The highest BCUT2D eigenvalue weighted by Gasteiger charge is 2.22. The highest BCUT2D eigenvalue weighted by atomic mass is 32.2. The van der Waals surface area contributed by atoms with Crippen LogP contribution in [-0.2, 0) is 18.8 Å². The average Bonchev–Trinajstić information content (AvgIpc) is 2.89. The van der Waals surface area contributed by atoms with E-state index in [-0.39, 0.29) is 16.9 Å². The van der Waals surface area contributed by atoms with Crippen molar-refractivity contribution in [2.24, 2.45) is 14.1 Å². The zero-order valence-corrected chi connectivity index (χ0v) is 16.1. The minimum absolute atomic E-state index is 0.244. The van der Waals surface area contributed by atoms with Gasteiger partial charge in [-0.2, -0.15) is 0 Å².